The number of nitrogens with one attached hydrogen (secondary N) is 2. The molecule has 0 spiro atoms. The molecule has 2 aromatic carbocycles. The smallest absolute Gasteiger partial charge is 0.270 e. The van der Waals surface area contributed by atoms with Gasteiger partial charge < -0.3 is 20.1 Å². The number of nitrogens with zero attached hydrogens (tertiary/aromatic N) is 2. The molecule has 2 N–H and O–H groups in total. The summed E-state index contributed by atoms with van der Waals surface area (Å²) >= 11 is 0. The Morgan fingerprint density at radius 1 is 0.973 bits per heavy atom. The number of fused-ring (bicyclic) bond motifs is 1. The summed E-state index contributed by atoms with van der Waals surface area (Å²) < 4.78 is 11.5. The van der Waals surface area contributed by atoms with Gasteiger partial charge in [-0.25, -0.2) is 0 Å². The van der Waals surface area contributed by atoms with Crippen molar-refractivity contribution in [3.05, 3.63) is 89.4 Å². The van der Waals surface area contributed by atoms with E-state index < -0.39 is 0 Å². The van der Waals surface area contributed by atoms with Gasteiger partial charge in [-0.15, -0.1) is 0 Å². The molecule has 0 atom stereocenters. The first-order valence-electron chi connectivity index (χ1n) is 12.3. The van der Waals surface area contributed by atoms with E-state index in [0.717, 1.165) is 35.7 Å². The topological polar surface area (TPSA) is 102 Å². The Bertz CT molecular complexity index is 1470. The highest BCUT2D eigenvalue weighted by Gasteiger charge is 2.21. The maximum atomic E-state index is 13.1. The maximum absolute atomic E-state index is 13.1. The van der Waals surface area contributed by atoms with Crippen molar-refractivity contribution in [2.75, 3.05) is 7.11 Å². The van der Waals surface area contributed by atoms with Crippen molar-refractivity contribution in [3.8, 4) is 17.2 Å². The number of hydrogen-bond acceptors (Lipinski definition) is 6. The highest BCUT2D eigenvalue weighted by Crippen LogP contribution is 2.33. The number of ether oxygens (including phenoxy) is 2. The van der Waals surface area contributed by atoms with Crippen molar-refractivity contribution in [2.45, 2.75) is 38.8 Å². The highest BCUT2D eigenvalue weighted by atomic mass is 16.5. The van der Waals surface area contributed by atoms with Crippen LogP contribution < -0.4 is 20.1 Å². The monoisotopic (exact) mass is 496 g/mol. The van der Waals surface area contributed by atoms with Gasteiger partial charge in [-0.1, -0.05) is 6.07 Å². The zero-order valence-electron chi connectivity index (χ0n) is 20.8. The van der Waals surface area contributed by atoms with Crippen molar-refractivity contribution >= 4 is 22.7 Å². The van der Waals surface area contributed by atoms with E-state index in [9.17, 15) is 9.59 Å². The predicted molar refractivity (Wildman–Crippen MR) is 140 cm³/mol. The summed E-state index contributed by atoms with van der Waals surface area (Å²) in [6.07, 6.45) is 6.43. The van der Waals surface area contributed by atoms with Crippen LogP contribution in [-0.2, 0) is 6.54 Å². The van der Waals surface area contributed by atoms with Crippen LogP contribution >= 0.6 is 0 Å². The van der Waals surface area contributed by atoms with E-state index in [0.29, 0.717) is 34.1 Å². The van der Waals surface area contributed by atoms with Crippen LogP contribution in [0.2, 0.25) is 0 Å². The molecule has 37 heavy (non-hydrogen) atoms. The minimum Gasteiger partial charge on any atom is -0.497 e. The van der Waals surface area contributed by atoms with Crippen molar-refractivity contribution < 1.29 is 19.1 Å². The lowest BCUT2D eigenvalue weighted by Gasteiger charge is -2.26. The molecular weight excluding hydrogens is 468 g/mol. The Balaban J connectivity index is 1.28. The molecule has 2 amide bonds. The highest BCUT2D eigenvalue weighted by molar-refractivity contribution is 5.96. The summed E-state index contributed by atoms with van der Waals surface area (Å²) in [5, 5.41) is 6.77. The number of carbonyl (C=O) groups excluding carboxylic acids is 2. The summed E-state index contributed by atoms with van der Waals surface area (Å²) in [6, 6.07) is 16.5. The van der Waals surface area contributed by atoms with E-state index in [-0.39, 0.29) is 24.4 Å². The third-order valence-corrected chi connectivity index (χ3v) is 6.61. The maximum Gasteiger partial charge on any atom is 0.270 e. The number of benzene rings is 2. The lowest BCUT2D eigenvalue weighted by Crippen LogP contribution is -2.39. The fourth-order valence-corrected chi connectivity index (χ4v) is 4.21. The molecule has 0 bridgehead atoms. The van der Waals surface area contributed by atoms with Gasteiger partial charge in [0.1, 0.15) is 22.9 Å². The van der Waals surface area contributed by atoms with Gasteiger partial charge in [0.15, 0.2) is 0 Å². The van der Waals surface area contributed by atoms with Gasteiger partial charge in [0.2, 0.25) is 0 Å². The Kier molecular flexibility index (Phi) is 6.98. The summed E-state index contributed by atoms with van der Waals surface area (Å²) in [7, 11) is 1.61. The molecule has 8 nitrogen and oxygen atoms in total. The normalized spacial score (nSPS) is 13.0. The van der Waals surface area contributed by atoms with Crippen LogP contribution in [0.25, 0.3) is 10.9 Å². The number of pyridine rings is 2. The van der Waals surface area contributed by atoms with Crippen LogP contribution in [0.4, 0.5) is 0 Å². The molecule has 1 aliphatic carbocycles. The fourth-order valence-electron chi connectivity index (χ4n) is 4.21. The Morgan fingerprint density at radius 2 is 1.81 bits per heavy atom. The molecule has 1 fully saturated rings. The van der Waals surface area contributed by atoms with Gasteiger partial charge in [-0.3, -0.25) is 19.6 Å². The average Bonchev–Trinajstić information content (AvgIpc) is 2.90. The molecule has 188 valence electrons. The molecule has 0 aliphatic heterocycles. The van der Waals surface area contributed by atoms with E-state index in [1.165, 1.54) is 0 Å². The summed E-state index contributed by atoms with van der Waals surface area (Å²) in [5.41, 5.74) is 3.13. The second kappa shape index (κ2) is 10.7. The molecule has 1 aliphatic rings. The summed E-state index contributed by atoms with van der Waals surface area (Å²) in [6.45, 7) is 2.12. The molecular formula is C29H28N4O4. The van der Waals surface area contributed by atoms with E-state index in [1.54, 1.807) is 49.8 Å². The number of hydrogen-bond donors (Lipinski definition) is 2. The first kappa shape index (κ1) is 24.2. The van der Waals surface area contributed by atoms with Crippen LogP contribution in [0, 0.1) is 6.92 Å². The van der Waals surface area contributed by atoms with Gasteiger partial charge >= 0.3 is 0 Å². The fraction of sp³-hybridized carbons (Fsp3) is 0.241. The second-order valence-corrected chi connectivity index (χ2v) is 9.06. The Morgan fingerprint density at radius 3 is 2.59 bits per heavy atom. The molecule has 0 unspecified atom stereocenters. The van der Waals surface area contributed by atoms with Crippen LogP contribution in [-0.4, -0.2) is 34.9 Å². The van der Waals surface area contributed by atoms with Gasteiger partial charge in [0.25, 0.3) is 11.8 Å². The number of rotatable bonds is 8. The van der Waals surface area contributed by atoms with Crippen molar-refractivity contribution in [2.24, 2.45) is 0 Å². The molecule has 8 heteroatoms. The lowest BCUT2D eigenvalue weighted by molar-refractivity contribution is 0.0911. The quantitative estimate of drug-likeness (QED) is 0.358. The third-order valence-electron chi connectivity index (χ3n) is 6.61. The first-order chi connectivity index (χ1) is 18.0. The minimum absolute atomic E-state index is 0.180. The lowest BCUT2D eigenvalue weighted by atomic mass is 9.93. The van der Waals surface area contributed by atoms with Gasteiger partial charge in [0, 0.05) is 47.6 Å². The van der Waals surface area contributed by atoms with E-state index in [2.05, 4.69) is 20.6 Å². The zero-order chi connectivity index (χ0) is 25.8. The summed E-state index contributed by atoms with van der Waals surface area (Å²) in [5.74, 6) is 1.52. The predicted octanol–water partition coefficient (Wildman–Crippen LogP) is 4.95. The third kappa shape index (κ3) is 5.38. The Labute approximate surface area is 215 Å². The van der Waals surface area contributed by atoms with Gasteiger partial charge in [-0.05, 0) is 74.2 Å². The van der Waals surface area contributed by atoms with Crippen molar-refractivity contribution in [3.63, 3.8) is 0 Å². The molecule has 0 saturated heterocycles. The standard InChI is InChI=1S/C29H28N4O4/c1-18-22(28(34)32-17-19-11-13-31-25(15-19)29(35)33-20-5-3-6-20)7-4-8-26(18)37-27-12-14-30-24-16-21(36-2)9-10-23(24)27/h4,7-16,20H,3,5-6,17H2,1-2H3,(H,32,34)(H,33,35). The second-order valence-electron chi connectivity index (χ2n) is 9.06. The van der Waals surface area contributed by atoms with E-state index in [1.807, 2.05) is 31.2 Å². The molecule has 0 radical (unpaired) electrons. The van der Waals surface area contributed by atoms with Crippen molar-refractivity contribution in [1.29, 1.82) is 0 Å². The van der Waals surface area contributed by atoms with Crippen LogP contribution in [0.1, 0.15) is 51.2 Å². The van der Waals surface area contributed by atoms with Crippen LogP contribution in [0.15, 0.2) is 67.0 Å². The summed E-state index contributed by atoms with van der Waals surface area (Å²) in [4.78, 5) is 34.1. The number of amides is 2. The van der Waals surface area contributed by atoms with E-state index >= 15 is 0 Å². The molecule has 2 heterocycles. The first-order valence-corrected chi connectivity index (χ1v) is 12.3. The molecule has 1 saturated carbocycles. The van der Waals surface area contributed by atoms with Crippen LogP contribution in [0.5, 0.6) is 17.2 Å². The minimum atomic E-state index is -0.232. The zero-order valence-corrected chi connectivity index (χ0v) is 20.8. The number of methoxy groups -OCH3 is 1. The number of aromatic nitrogens is 2. The van der Waals surface area contributed by atoms with Gasteiger partial charge in [0.05, 0.1) is 12.6 Å². The largest absolute Gasteiger partial charge is 0.497 e. The molecule has 4 aromatic rings. The molecule has 5 rings (SSSR count). The van der Waals surface area contributed by atoms with Crippen molar-refractivity contribution in [1.82, 2.24) is 20.6 Å². The number of carbonyl (C=O) groups is 2. The SMILES string of the molecule is COc1ccc2c(Oc3cccc(C(=O)NCc4ccnc(C(=O)NC5CCC5)c4)c3C)ccnc2c1. The van der Waals surface area contributed by atoms with Crippen LogP contribution in [0.3, 0.4) is 0 Å². The van der Waals surface area contributed by atoms with Gasteiger partial charge in [-0.2, -0.15) is 0 Å². The van der Waals surface area contributed by atoms with E-state index in [4.69, 9.17) is 9.47 Å². The Hall–Kier alpha value is -4.46. The average molecular weight is 497 g/mol. The molecule has 2 aromatic heterocycles.